The third-order valence-corrected chi connectivity index (χ3v) is 4.59. The first-order valence-electron chi connectivity index (χ1n) is 5.31. The molecule has 1 fully saturated rings. The van der Waals surface area contributed by atoms with Crippen molar-refractivity contribution in [2.45, 2.75) is 38.7 Å². The Labute approximate surface area is 91.4 Å². The van der Waals surface area contributed by atoms with Crippen LogP contribution in [0.2, 0.25) is 0 Å². The molecule has 84 valence electrons. The van der Waals surface area contributed by atoms with Crippen LogP contribution in [-0.2, 0) is 4.74 Å². The van der Waals surface area contributed by atoms with Gasteiger partial charge in [-0.1, -0.05) is 13.8 Å². The molecule has 0 bridgehead atoms. The van der Waals surface area contributed by atoms with E-state index in [4.69, 9.17) is 4.74 Å². The lowest BCUT2D eigenvalue weighted by molar-refractivity contribution is -0.0625. The van der Waals surface area contributed by atoms with Crippen molar-refractivity contribution >= 4 is 11.8 Å². The number of rotatable bonds is 4. The Morgan fingerprint density at radius 3 is 2.71 bits per heavy atom. The number of methoxy groups -OCH3 is 1. The van der Waals surface area contributed by atoms with Gasteiger partial charge in [-0.05, 0) is 30.4 Å². The van der Waals surface area contributed by atoms with Crippen LogP contribution in [0.25, 0.3) is 0 Å². The van der Waals surface area contributed by atoms with E-state index >= 15 is 0 Å². The molecule has 0 aliphatic carbocycles. The Morgan fingerprint density at radius 1 is 1.43 bits per heavy atom. The molecule has 3 heteroatoms. The van der Waals surface area contributed by atoms with Gasteiger partial charge in [-0.3, -0.25) is 0 Å². The second-order valence-electron chi connectivity index (χ2n) is 4.81. The minimum absolute atomic E-state index is 0.0615. The molecule has 0 spiro atoms. The molecule has 0 aromatic heterocycles. The zero-order chi connectivity index (χ0) is 10.7. The van der Waals surface area contributed by atoms with Crippen molar-refractivity contribution in [3.63, 3.8) is 0 Å². The van der Waals surface area contributed by atoms with Crippen molar-refractivity contribution in [1.29, 1.82) is 0 Å². The molecule has 1 aliphatic rings. The fourth-order valence-electron chi connectivity index (χ4n) is 1.92. The van der Waals surface area contributed by atoms with E-state index in [0.29, 0.717) is 0 Å². The molecule has 0 aromatic carbocycles. The standard InChI is InChI=1S/C11H22O2S/c1-10(2)6-8-14-9-11(10,12)5-4-7-13-3/h12H,4-9H2,1-3H3. The van der Waals surface area contributed by atoms with Crippen LogP contribution in [0, 0.1) is 5.41 Å². The van der Waals surface area contributed by atoms with E-state index in [1.807, 2.05) is 11.8 Å². The van der Waals surface area contributed by atoms with Gasteiger partial charge in [-0.25, -0.2) is 0 Å². The average Bonchev–Trinajstić information content (AvgIpc) is 2.11. The largest absolute Gasteiger partial charge is 0.388 e. The third kappa shape index (κ3) is 2.65. The van der Waals surface area contributed by atoms with Gasteiger partial charge >= 0.3 is 0 Å². The predicted molar refractivity (Wildman–Crippen MR) is 61.8 cm³/mol. The summed E-state index contributed by atoms with van der Waals surface area (Å²) in [6.07, 6.45) is 2.93. The second kappa shape index (κ2) is 4.86. The van der Waals surface area contributed by atoms with Gasteiger partial charge in [0.25, 0.3) is 0 Å². The van der Waals surface area contributed by atoms with Crippen molar-refractivity contribution < 1.29 is 9.84 Å². The van der Waals surface area contributed by atoms with E-state index in [9.17, 15) is 5.11 Å². The van der Waals surface area contributed by atoms with E-state index in [0.717, 1.165) is 31.6 Å². The van der Waals surface area contributed by atoms with Crippen molar-refractivity contribution in [2.75, 3.05) is 25.2 Å². The highest BCUT2D eigenvalue weighted by Gasteiger charge is 2.44. The minimum atomic E-state index is -0.492. The van der Waals surface area contributed by atoms with E-state index in [-0.39, 0.29) is 5.41 Å². The van der Waals surface area contributed by atoms with Crippen molar-refractivity contribution in [2.24, 2.45) is 5.41 Å². The first-order chi connectivity index (χ1) is 6.52. The van der Waals surface area contributed by atoms with Crippen LogP contribution in [0.5, 0.6) is 0 Å². The molecule has 1 aliphatic heterocycles. The van der Waals surface area contributed by atoms with Crippen molar-refractivity contribution in [3.05, 3.63) is 0 Å². The van der Waals surface area contributed by atoms with Crippen LogP contribution in [-0.4, -0.2) is 35.9 Å². The Morgan fingerprint density at radius 2 is 2.14 bits per heavy atom. The molecule has 0 amide bonds. The van der Waals surface area contributed by atoms with Gasteiger partial charge in [0, 0.05) is 19.5 Å². The van der Waals surface area contributed by atoms with Gasteiger partial charge in [0.05, 0.1) is 5.60 Å². The second-order valence-corrected chi connectivity index (χ2v) is 5.92. The van der Waals surface area contributed by atoms with Crippen LogP contribution in [0.4, 0.5) is 0 Å². The van der Waals surface area contributed by atoms with Gasteiger partial charge < -0.3 is 9.84 Å². The lowest BCUT2D eigenvalue weighted by Gasteiger charge is -2.46. The van der Waals surface area contributed by atoms with E-state index < -0.39 is 5.60 Å². The van der Waals surface area contributed by atoms with Gasteiger partial charge in [-0.15, -0.1) is 0 Å². The van der Waals surface area contributed by atoms with Crippen molar-refractivity contribution in [3.8, 4) is 0 Å². The summed E-state index contributed by atoms with van der Waals surface area (Å²) in [6, 6.07) is 0. The monoisotopic (exact) mass is 218 g/mol. The van der Waals surface area contributed by atoms with Crippen LogP contribution in [0.1, 0.15) is 33.1 Å². The number of hydrogen-bond donors (Lipinski definition) is 1. The lowest BCUT2D eigenvalue weighted by atomic mass is 9.71. The Kier molecular flexibility index (Phi) is 4.29. The number of ether oxygens (including phenoxy) is 1. The zero-order valence-electron chi connectivity index (χ0n) is 9.51. The summed E-state index contributed by atoms with van der Waals surface area (Å²) in [7, 11) is 1.71. The van der Waals surface area contributed by atoms with Crippen LogP contribution in [0.3, 0.4) is 0 Å². The molecule has 2 nitrogen and oxygen atoms in total. The summed E-state index contributed by atoms with van der Waals surface area (Å²) >= 11 is 1.87. The molecule has 14 heavy (non-hydrogen) atoms. The molecule has 1 N–H and O–H groups in total. The van der Waals surface area contributed by atoms with Crippen molar-refractivity contribution in [1.82, 2.24) is 0 Å². The summed E-state index contributed by atoms with van der Waals surface area (Å²) < 4.78 is 5.03. The highest BCUT2D eigenvalue weighted by molar-refractivity contribution is 7.99. The molecular formula is C11H22O2S. The van der Waals surface area contributed by atoms with Gasteiger partial charge in [0.1, 0.15) is 0 Å². The molecule has 0 saturated carbocycles. The molecule has 1 heterocycles. The lowest BCUT2D eigenvalue weighted by Crippen LogP contribution is -2.50. The highest BCUT2D eigenvalue weighted by atomic mass is 32.2. The molecule has 0 radical (unpaired) electrons. The molecule has 1 atom stereocenters. The molecule has 0 aromatic rings. The first-order valence-corrected chi connectivity index (χ1v) is 6.46. The quantitative estimate of drug-likeness (QED) is 0.734. The van der Waals surface area contributed by atoms with E-state index in [1.165, 1.54) is 5.75 Å². The summed E-state index contributed by atoms with van der Waals surface area (Å²) in [5, 5.41) is 10.5. The maximum Gasteiger partial charge on any atom is 0.0789 e. The minimum Gasteiger partial charge on any atom is -0.388 e. The molecular weight excluding hydrogens is 196 g/mol. The normalized spacial score (nSPS) is 31.7. The van der Waals surface area contributed by atoms with Gasteiger partial charge in [-0.2, -0.15) is 11.8 Å². The van der Waals surface area contributed by atoms with E-state index in [2.05, 4.69) is 13.8 Å². The van der Waals surface area contributed by atoms with Crippen LogP contribution < -0.4 is 0 Å². The van der Waals surface area contributed by atoms with Gasteiger partial charge in [0.15, 0.2) is 0 Å². The van der Waals surface area contributed by atoms with Crippen LogP contribution in [0.15, 0.2) is 0 Å². The molecule has 1 unspecified atom stereocenters. The van der Waals surface area contributed by atoms with E-state index in [1.54, 1.807) is 7.11 Å². The Balaban J connectivity index is 2.51. The Hall–Kier alpha value is 0.270. The number of thioether (sulfide) groups is 1. The first kappa shape index (κ1) is 12.3. The topological polar surface area (TPSA) is 29.5 Å². The summed E-state index contributed by atoms with van der Waals surface area (Å²) in [5.74, 6) is 2.06. The summed E-state index contributed by atoms with van der Waals surface area (Å²) in [5.41, 5.74) is -0.430. The third-order valence-electron chi connectivity index (χ3n) is 3.41. The number of aliphatic hydroxyl groups is 1. The van der Waals surface area contributed by atoms with Gasteiger partial charge in [0.2, 0.25) is 0 Å². The molecule has 1 saturated heterocycles. The zero-order valence-corrected chi connectivity index (χ0v) is 10.3. The molecule has 1 rings (SSSR count). The Bertz CT molecular complexity index is 182. The maximum absolute atomic E-state index is 10.5. The summed E-state index contributed by atoms with van der Waals surface area (Å²) in [6.45, 7) is 5.11. The predicted octanol–water partition coefficient (Wildman–Crippen LogP) is 2.31. The van der Waals surface area contributed by atoms with Crippen LogP contribution >= 0.6 is 11.8 Å². The highest BCUT2D eigenvalue weighted by Crippen LogP contribution is 2.44. The fourth-order valence-corrected chi connectivity index (χ4v) is 3.59. The maximum atomic E-state index is 10.5. The summed E-state index contributed by atoms with van der Waals surface area (Å²) in [4.78, 5) is 0. The smallest absolute Gasteiger partial charge is 0.0789 e. The number of hydrogen-bond acceptors (Lipinski definition) is 3. The SMILES string of the molecule is COCCCC1(O)CSCCC1(C)C. The fraction of sp³-hybridized carbons (Fsp3) is 1.00. The average molecular weight is 218 g/mol.